The fraction of sp³-hybridized carbons (Fsp3) is 0.400. The van der Waals surface area contributed by atoms with Crippen LogP contribution in [0, 0.1) is 0 Å². The molecule has 2 N–H and O–H groups in total. The van der Waals surface area contributed by atoms with E-state index in [0.29, 0.717) is 54.9 Å². The van der Waals surface area contributed by atoms with Gasteiger partial charge in [0.05, 0.1) is 19.3 Å². The van der Waals surface area contributed by atoms with Crippen molar-refractivity contribution in [3.05, 3.63) is 82.2 Å². The Morgan fingerprint density at radius 2 is 1.92 bits per heavy atom. The summed E-state index contributed by atoms with van der Waals surface area (Å²) < 4.78 is 17.1. The number of esters is 1. The third kappa shape index (κ3) is 5.14. The summed E-state index contributed by atoms with van der Waals surface area (Å²) in [7, 11) is 1.64. The molecule has 2 aromatic rings. The molecule has 2 aliphatic heterocycles. The first-order valence-corrected chi connectivity index (χ1v) is 12.9. The number of benzene rings is 2. The van der Waals surface area contributed by atoms with Crippen LogP contribution in [0.1, 0.15) is 62.0 Å². The van der Waals surface area contributed by atoms with Gasteiger partial charge in [-0.05, 0) is 55.5 Å². The highest BCUT2D eigenvalue weighted by molar-refractivity contribution is 6.04. The summed E-state index contributed by atoms with van der Waals surface area (Å²) in [5.41, 5.74) is 4.13. The average Bonchev–Trinajstić information content (AvgIpc) is 3.16. The molecule has 1 fully saturated rings. The van der Waals surface area contributed by atoms with E-state index in [1.807, 2.05) is 37.3 Å². The van der Waals surface area contributed by atoms with Gasteiger partial charge in [-0.1, -0.05) is 30.3 Å². The molecule has 3 atom stereocenters. The van der Waals surface area contributed by atoms with Gasteiger partial charge in [-0.15, -0.1) is 0 Å². The molecule has 0 amide bonds. The molecule has 0 aromatic heterocycles. The van der Waals surface area contributed by atoms with Gasteiger partial charge in [0, 0.05) is 48.3 Å². The minimum atomic E-state index is -0.621. The van der Waals surface area contributed by atoms with Crippen LogP contribution in [0.5, 0.6) is 11.5 Å². The van der Waals surface area contributed by atoms with Gasteiger partial charge in [-0.2, -0.15) is 0 Å². The molecule has 37 heavy (non-hydrogen) atoms. The van der Waals surface area contributed by atoms with Crippen molar-refractivity contribution >= 4 is 11.8 Å². The molecule has 0 radical (unpaired) electrons. The molecular weight excluding hydrogens is 470 g/mol. The van der Waals surface area contributed by atoms with Crippen molar-refractivity contribution in [2.75, 3.05) is 20.3 Å². The molecule has 1 saturated heterocycles. The molecule has 0 saturated carbocycles. The predicted molar refractivity (Wildman–Crippen MR) is 138 cm³/mol. The van der Waals surface area contributed by atoms with E-state index >= 15 is 0 Å². The molecule has 1 aliphatic carbocycles. The number of ketones is 1. The number of nitrogens with one attached hydrogen (secondary N) is 1. The number of ether oxygens (including phenoxy) is 3. The van der Waals surface area contributed by atoms with Crippen LogP contribution in [0.4, 0.5) is 0 Å². The SMILES string of the molecule is COc1ccccc1[C@H]1CC(=O)C2=C(C1)NC(C)=C(C(=O)O[C@@H]1CCCOCC1)[C@H]2c1cccc(O)c1. The molecule has 3 aliphatic rings. The standard InChI is InChI=1S/C30H33NO6/c1-18-27(30(34)37-22-9-6-13-36-14-12-22)28(19-7-5-8-21(32)15-19)29-24(31-18)16-20(17-25(29)33)23-10-3-4-11-26(23)35-2/h3-5,7-8,10-11,15,20,22,28,31-32H,6,9,12-14,16-17H2,1-2H3/t20-,22-,28-/m1/s1. The quantitative estimate of drug-likeness (QED) is 0.562. The number of phenolic OH excluding ortho intramolecular Hbond substituents is 1. The highest BCUT2D eigenvalue weighted by Gasteiger charge is 2.42. The molecule has 0 bridgehead atoms. The maximum absolute atomic E-state index is 13.8. The highest BCUT2D eigenvalue weighted by Crippen LogP contribution is 2.47. The van der Waals surface area contributed by atoms with Crippen molar-refractivity contribution in [2.45, 2.75) is 57.0 Å². The van der Waals surface area contributed by atoms with Crippen LogP contribution in [0.2, 0.25) is 0 Å². The zero-order valence-corrected chi connectivity index (χ0v) is 21.3. The lowest BCUT2D eigenvalue weighted by atomic mass is 9.71. The van der Waals surface area contributed by atoms with Gasteiger partial charge < -0.3 is 24.6 Å². The zero-order chi connectivity index (χ0) is 25.9. The third-order valence-corrected chi connectivity index (χ3v) is 7.50. The van der Waals surface area contributed by atoms with Crippen LogP contribution in [-0.4, -0.2) is 43.3 Å². The lowest BCUT2D eigenvalue weighted by molar-refractivity contribution is -0.145. The fourth-order valence-electron chi connectivity index (χ4n) is 5.78. The van der Waals surface area contributed by atoms with Gasteiger partial charge in [0.1, 0.15) is 17.6 Å². The number of hydrogen-bond acceptors (Lipinski definition) is 7. The summed E-state index contributed by atoms with van der Waals surface area (Å²) in [5, 5.41) is 13.7. The summed E-state index contributed by atoms with van der Waals surface area (Å²) in [6.07, 6.45) is 2.91. The number of methoxy groups -OCH3 is 1. The van der Waals surface area contributed by atoms with Gasteiger partial charge in [-0.3, -0.25) is 4.79 Å². The largest absolute Gasteiger partial charge is 0.508 e. The summed E-state index contributed by atoms with van der Waals surface area (Å²) >= 11 is 0. The fourth-order valence-corrected chi connectivity index (χ4v) is 5.78. The van der Waals surface area contributed by atoms with Gasteiger partial charge in [0.2, 0.25) is 0 Å². The van der Waals surface area contributed by atoms with Gasteiger partial charge in [-0.25, -0.2) is 4.79 Å². The van der Waals surface area contributed by atoms with E-state index in [-0.39, 0.29) is 23.6 Å². The van der Waals surface area contributed by atoms with Gasteiger partial charge in [0.15, 0.2) is 5.78 Å². The maximum atomic E-state index is 13.8. The van der Waals surface area contributed by atoms with Gasteiger partial charge in [0.25, 0.3) is 0 Å². The number of allylic oxidation sites excluding steroid dienone is 3. The molecule has 2 heterocycles. The Labute approximate surface area is 217 Å². The van der Waals surface area contributed by atoms with Crippen LogP contribution >= 0.6 is 0 Å². The lowest BCUT2D eigenvalue weighted by Crippen LogP contribution is -2.36. The summed E-state index contributed by atoms with van der Waals surface area (Å²) in [6, 6.07) is 14.6. The highest BCUT2D eigenvalue weighted by atomic mass is 16.5. The van der Waals surface area contributed by atoms with E-state index in [4.69, 9.17) is 14.2 Å². The zero-order valence-electron chi connectivity index (χ0n) is 21.3. The number of Topliss-reactive ketones (excluding diaryl/α,β-unsaturated/α-hetero) is 1. The van der Waals surface area contributed by atoms with Crippen LogP contribution in [0.15, 0.2) is 71.1 Å². The number of carbonyl (C=O) groups excluding carboxylic acids is 2. The van der Waals surface area contributed by atoms with E-state index in [2.05, 4.69) is 5.32 Å². The number of dihydropyridines is 1. The number of para-hydroxylation sites is 1. The average molecular weight is 504 g/mol. The van der Waals surface area contributed by atoms with Crippen molar-refractivity contribution in [3.8, 4) is 11.5 Å². The number of rotatable bonds is 5. The van der Waals surface area contributed by atoms with E-state index in [1.165, 1.54) is 0 Å². The smallest absolute Gasteiger partial charge is 0.337 e. The first kappa shape index (κ1) is 25.1. The van der Waals surface area contributed by atoms with E-state index in [9.17, 15) is 14.7 Å². The first-order chi connectivity index (χ1) is 18.0. The second kappa shape index (κ2) is 10.8. The molecule has 7 heteroatoms. The molecule has 5 rings (SSSR count). The normalized spacial score (nSPS) is 24.2. The minimum Gasteiger partial charge on any atom is -0.508 e. The molecule has 7 nitrogen and oxygen atoms in total. The molecule has 0 spiro atoms. The summed E-state index contributed by atoms with van der Waals surface area (Å²) in [6.45, 7) is 3.08. The third-order valence-electron chi connectivity index (χ3n) is 7.50. The van der Waals surface area contributed by atoms with Crippen LogP contribution in [0.3, 0.4) is 0 Å². The number of phenols is 1. The Kier molecular flexibility index (Phi) is 7.33. The van der Waals surface area contributed by atoms with Crippen molar-refractivity contribution in [2.24, 2.45) is 0 Å². The first-order valence-electron chi connectivity index (χ1n) is 12.9. The second-order valence-corrected chi connectivity index (χ2v) is 9.92. The van der Waals surface area contributed by atoms with Crippen LogP contribution in [-0.2, 0) is 19.1 Å². The van der Waals surface area contributed by atoms with Crippen LogP contribution in [0.25, 0.3) is 0 Å². The predicted octanol–water partition coefficient (Wildman–Crippen LogP) is 4.87. The van der Waals surface area contributed by atoms with Crippen molar-refractivity contribution in [1.29, 1.82) is 0 Å². The van der Waals surface area contributed by atoms with E-state index in [1.54, 1.807) is 25.3 Å². The van der Waals surface area contributed by atoms with E-state index < -0.39 is 11.9 Å². The Morgan fingerprint density at radius 1 is 1.08 bits per heavy atom. The Hall–Kier alpha value is -3.58. The van der Waals surface area contributed by atoms with E-state index in [0.717, 1.165) is 29.9 Å². The van der Waals surface area contributed by atoms with Crippen molar-refractivity contribution < 1.29 is 28.9 Å². The maximum Gasteiger partial charge on any atom is 0.337 e. The minimum absolute atomic E-state index is 0.0290. The Bertz CT molecular complexity index is 1250. The molecule has 2 aromatic carbocycles. The second-order valence-electron chi connectivity index (χ2n) is 9.92. The Balaban J connectivity index is 1.53. The topological polar surface area (TPSA) is 94.1 Å². The van der Waals surface area contributed by atoms with Crippen molar-refractivity contribution in [1.82, 2.24) is 5.32 Å². The summed E-state index contributed by atoms with van der Waals surface area (Å²) in [5.74, 6) is -0.292. The number of hydrogen-bond donors (Lipinski definition) is 2. The van der Waals surface area contributed by atoms with Gasteiger partial charge >= 0.3 is 5.97 Å². The molecule has 0 unspecified atom stereocenters. The lowest BCUT2D eigenvalue weighted by Gasteiger charge is -2.37. The number of carbonyl (C=O) groups is 2. The summed E-state index contributed by atoms with van der Waals surface area (Å²) in [4.78, 5) is 27.4. The monoisotopic (exact) mass is 503 g/mol. The molecule has 194 valence electrons. The molecular formula is C30H33NO6. The number of aromatic hydroxyl groups is 1. The van der Waals surface area contributed by atoms with Crippen molar-refractivity contribution in [3.63, 3.8) is 0 Å². The Morgan fingerprint density at radius 3 is 2.73 bits per heavy atom. The van der Waals surface area contributed by atoms with Crippen LogP contribution < -0.4 is 10.1 Å².